The number of hydrogen-bond acceptors (Lipinski definition) is 3. The van der Waals surface area contributed by atoms with Gasteiger partial charge < -0.3 is 9.84 Å². The zero-order chi connectivity index (χ0) is 10.7. The first kappa shape index (κ1) is 10.9. The minimum absolute atomic E-state index is 0.217. The first-order chi connectivity index (χ1) is 7.27. The summed E-state index contributed by atoms with van der Waals surface area (Å²) in [5.74, 6) is 1.40. The monoisotopic (exact) mass is 228 g/mol. The van der Waals surface area contributed by atoms with Gasteiger partial charge in [-0.05, 0) is 17.7 Å². The van der Waals surface area contributed by atoms with Crippen LogP contribution in [0.25, 0.3) is 0 Å². The Hall–Kier alpha value is -0.580. The lowest BCUT2D eigenvalue weighted by molar-refractivity contribution is -0.0228. The Morgan fingerprint density at radius 3 is 3.07 bits per heavy atom. The Balaban J connectivity index is 2.08. The van der Waals surface area contributed by atoms with E-state index < -0.39 is 6.10 Å². The summed E-state index contributed by atoms with van der Waals surface area (Å²) in [5.41, 5.74) is 0.586. The van der Waals surface area contributed by atoms with Crippen LogP contribution in [0, 0.1) is 5.82 Å². The van der Waals surface area contributed by atoms with Crippen molar-refractivity contribution in [3.63, 3.8) is 0 Å². The normalized spacial score (nSPS) is 23.7. The molecule has 4 heteroatoms. The van der Waals surface area contributed by atoms with E-state index in [2.05, 4.69) is 0 Å². The van der Waals surface area contributed by atoms with Gasteiger partial charge in [0.25, 0.3) is 0 Å². The van der Waals surface area contributed by atoms with Crippen molar-refractivity contribution < 1.29 is 14.2 Å². The van der Waals surface area contributed by atoms with Crippen LogP contribution in [0.2, 0.25) is 0 Å². The highest BCUT2D eigenvalue weighted by Gasteiger charge is 2.24. The Kier molecular flexibility index (Phi) is 3.61. The third kappa shape index (κ3) is 2.71. The fourth-order valence-electron chi connectivity index (χ4n) is 1.59. The summed E-state index contributed by atoms with van der Waals surface area (Å²) >= 11 is 1.75. The van der Waals surface area contributed by atoms with E-state index in [4.69, 9.17) is 4.74 Å². The van der Waals surface area contributed by atoms with Crippen LogP contribution in [0.1, 0.15) is 11.7 Å². The summed E-state index contributed by atoms with van der Waals surface area (Å²) in [4.78, 5) is 0. The van der Waals surface area contributed by atoms with E-state index in [0.717, 1.165) is 11.5 Å². The van der Waals surface area contributed by atoms with Gasteiger partial charge in [-0.2, -0.15) is 11.8 Å². The van der Waals surface area contributed by atoms with E-state index in [1.165, 1.54) is 12.1 Å². The van der Waals surface area contributed by atoms with Gasteiger partial charge in [0.05, 0.1) is 12.7 Å². The third-order valence-electron chi connectivity index (χ3n) is 2.38. The molecule has 82 valence electrons. The molecule has 1 heterocycles. The maximum absolute atomic E-state index is 12.9. The molecule has 2 unspecified atom stereocenters. The Morgan fingerprint density at radius 1 is 1.53 bits per heavy atom. The Morgan fingerprint density at radius 2 is 2.40 bits per heavy atom. The molecule has 2 rings (SSSR count). The molecule has 0 aliphatic carbocycles. The molecular weight excluding hydrogens is 215 g/mol. The van der Waals surface area contributed by atoms with Crippen LogP contribution in [-0.2, 0) is 4.74 Å². The quantitative estimate of drug-likeness (QED) is 0.839. The molecule has 1 aromatic carbocycles. The smallest absolute Gasteiger partial charge is 0.123 e. The number of thioether (sulfide) groups is 1. The number of aliphatic hydroxyl groups is 1. The van der Waals surface area contributed by atoms with E-state index in [-0.39, 0.29) is 11.9 Å². The topological polar surface area (TPSA) is 29.5 Å². The predicted molar refractivity (Wildman–Crippen MR) is 58.4 cm³/mol. The van der Waals surface area contributed by atoms with Gasteiger partial charge >= 0.3 is 0 Å². The molecule has 1 fully saturated rings. The van der Waals surface area contributed by atoms with E-state index >= 15 is 0 Å². The molecule has 0 saturated carbocycles. The maximum atomic E-state index is 12.9. The number of ether oxygens (including phenoxy) is 1. The van der Waals surface area contributed by atoms with E-state index in [1.807, 2.05) is 0 Å². The molecule has 1 aliphatic heterocycles. The molecule has 2 atom stereocenters. The molecule has 1 N–H and O–H groups in total. The Bertz CT molecular complexity index is 326. The summed E-state index contributed by atoms with van der Waals surface area (Å²) in [6.45, 7) is 0.654. The fraction of sp³-hybridized carbons (Fsp3) is 0.455. The van der Waals surface area contributed by atoms with Crippen molar-refractivity contribution >= 4 is 11.8 Å². The van der Waals surface area contributed by atoms with Crippen LogP contribution in [0.5, 0.6) is 0 Å². The van der Waals surface area contributed by atoms with Crippen LogP contribution in [-0.4, -0.2) is 29.3 Å². The molecule has 1 aromatic rings. The largest absolute Gasteiger partial charge is 0.386 e. The van der Waals surface area contributed by atoms with Crippen LogP contribution in [0.15, 0.2) is 24.3 Å². The average molecular weight is 228 g/mol. The van der Waals surface area contributed by atoms with Gasteiger partial charge in [-0.1, -0.05) is 12.1 Å². The van der Waals surface area contributed by atoms with Crippen molar-refractivity contribution in [1.29, 1.82) is 0 Å². The lowest BCUT2D eigenvalue weighted by Crippen LogP contribution is -2.29. The minimum atomic E-state index is -0.728. The molecule has 0 bridgehead atoms. The summed E-state index contributed by atoms with van der Waals surface area (Å²) in [7, 11) is 0. The summed E-state index contributed by atoms with van der Waals surface area (Å²) in [5, 5.41) is 9.96. The van der Waals surface area contributed by atoms with E-state index in [1.54, 1.807) is 23.9 Å². The highest BCUT2D eigenvalue weighted by atomic mass is 32.2. The van der Waals surface area contributed by atoms with Crippen LogP contribution < -0.4 is 0 Å². The second-order valence-electron chi connectivity index (χ2n) is 3.48. The first-order valence-electron chi connectivity index (χ1n) is 4.90. The minimum Gasteiger partial charge on any atom is -0.386 e. The second-order valence-corrected chi connectivity index (χ2v) is 4.63. The highest BCUT2D eigenvalue weighted by molar-refractivity contribution is 7.99. The summed E-state index contributed by atoms with van der Waals surface area (Å²) < 4.78 is 18.4. The third-order valence-corrected chi connectivity index (χ3v) is 3.40. The van der Waals surface area contributed by atoms with Crippen LogP contribution >= 0.6 is 11.8 Å². The molecule has 2 nitrogen and oxygen atoms in total. The summed E-state index contributed by atoms with van der Waals surface area (Å²) in [6.07, 6.45) is -0.945. The lowest BCUT2D eigenvalue weighted by atomic mass is 10.1. The molecule has 0 amide bonds. The van der Waals surface area contributed by atoms with Gasteiger partial charge in [0.15, 0.2) is 0 Å². The van der Waals surface area contributed by atoms with Crippen LogP contribution in [0.3, 0.4) is 0 Å². The molecule has 0 aromatic heterocycles. The second kappa shape index (κ2) is 4.96. The van der Waals surface area contributed by atoms with Crippen molar-refractivity contribution in [3.05, 3.63) is 35.6 Å². The van der Waals surface area contributed by atoms with Gasteiger partial charge in [0.2, 0.25) is 0 Å². The van der Waals surface area contributed by atoms with Crippen LogP contribution in [0.4, 0.5) is 4.39 Å². The number of rotatable bonds is 2. The SMILES string of the molecule is OC(c1cccc(F)c1)C1CSCCO1. The van der Waals surface area contributed by atoms with Gasteiger partial charge in [-0.25, -0.2) is 4.39 Å². The van der Waals surface area contributed by atoms with Crippen molar-refractivity contribution in [2.45, 2.75) is 12.2 Å². The molecule has 0 spiro atoms. The van der Waals surface area contributed by atoms with E-state index in [0.29, 0.717) is 12.2 Å². The van der Waals surface area contributed by atoms with Gasteiger partial charge in [-0.15, -0.1) is 0 Å². The molecule has 15 heavy (non-hydrogen) atoms. The van der Waals surface area contributed by atoms with Crippen molar-refractivity contribution in [1.82, 2.24) is 0 Å². The van der Waals surface area contributed by atoms with Gasteiger partial charge in [0.1, 0.15) is 11.9 Å². The molecule has 1 aliphatic rings. The zero-order valence-corrected chi connectivity index (χ0v) is 9.04. The lowest BCUT2D eigenvalue weighted by Gasteiger charge is -2.26. The number of aliphatic hydroxyl groups excluding tert-OH is 1. The van der Waals surface area contributed by atoms with E-state index in [9.17, 15) is 9.50 Å². The number of halogens is 1. The van der Waals surface area contributed by atoms with Crippen molar-refractivity contribution in [2.75, 3.05) is 18.1 Å². The van der Waals surface area contributed by atoms with Crippen molar-refractivity contribution in [3.8, 4) is 0 Å². The summed E-state index contributed by atoms with van der Waals surface area (Å²) in [6, 6.07) is 6.04. The zero-order valence-electron chi connectivity index (χ0n) is 8.23. The maximum Gasteiger partial charge on any atom is 0.123 e. The van der Waals surface area contributed by atoms with Crippen molar-refractivity contribution in [2.24, 2.45) is 0 Å². The molecule has 0 radical (unpaired) electrons. The van der Waals surface area contributed by atoms with Gasteiger partial charge in [0, 0.05) is 11.5 Å². The fourth-order valence-corrected chi connectivity index (χ4v) is 2.49. The standard InChI is InChI=1S/C11H13FO2S/c12-9-3-1-2-8(6-9)11(13)10-7-15-5-4-14-10/h1-3,6,10-11,13H,4-5,7H2. The Labute approximate surface area is 92.4 Å². The number of hydrogen-bond donors (Lipinski definition) is 1. The first-order valence-corrected chi connectivity index (χ1v) is 6.06. The highest BCUT2D eigenvalue weighted by Crippen LogP contribution is 2.25. The molecule has 1 saturated heterocycles. The number of benzene rings is 1. The predicted octanol–water partition coefficient (Wildman–Crippen LogP) is 1.99. The average Bonchev–Trinajstić information content (AvgIpc) is 2.29. The van der Waals surface area contributed by atoms with Gasteiger partial charge in [-0.3, -0.25) is 0 Å². The molecular formula is C11H13FO2S.